The summed E-state index contributed by atoms with van der Waals surface area (Å²) in [5, 5.41) is 9.35. The zero-order chi connectivity index (χ0) is 13.8. The molecule has 1 aromatic carbocycles. The molecule has 0 amide bonds. The highest BCUT2D eigenvalue weighted by molar-refractivity contribution is 5.54. The van der Waals surface area contributed by atoms with Crippen LogP contribution in [0.4, 0.5) is 10.1 Å². The van der Waals surface area contributed by atoms with E-state index in [1.165, 1.54) is 18.9 Å². The molecule has 3 nitrogen and oxygen atoms in total. The number of halogens is 1. The minimum absolute atomic E-state index is 0.125. The minimum atomic E-state index is -0.255. The number of likely N-dealkylation sites (tertiary alicyclic amines) is 1. The van der Waals surface area contributed by atoms with Crippen molar-refractivity contribution in [2.45, 2.75) is 32.4 Å². The first-order chi connectivity index (χ1) is 9.17. The van der Waals surface area contributed by atoms with Crippen LogP contribution in [0.1, 0.15) is 25.3 Å². The number of para-hydroxylation sites is 1. The maximum absolute atomic E-state index is 14.0. The Morgan fingerprint density at radius 3 is 2.95 bits per heavy atom. The summed E-state index contributed by atoms with van der Waals surface area (Å²) in [6, 6.07) is 5.37. The Kier molecular flexibility index (Phi) is 4.77. The van der Waals surface area contributed by atoms with E-state index in [4.69, 9.17) is 0 Å². The predicted octanol–water partition coefficient (Wildman–Crippen LogP) is 2.24. The van der Waals surface area contributed by atoms with Gasteiger partial charge < -0.3 is 10.0 Å². The van der Waals surface area contributed by atoms with Crippen LogP contribution in [0.15, 0.2) is 18.2 Å². The van der Waals surface area contributed by atoms with Crippen molar-refractivity contribution in [2.24, 2.45) is 0 Å². The van der Waals surface area contributed by atoms with Crippen molar-refractivity contribution in [2.75, 3.05) is 31.6 Å². The molecule has 0 bridgehead atoms. The Balaban J connectivity index is 2.13. The van der Waals surface area contributed by atoms with Gasteiger partial charge in [0, 0.05) is 25.2 Å². The third kappa shape index (κ3) is 3.07. The van der Waals surface area contributed by atoms with E-state index >= 15 is 0 Å². The zero-order valence-electron chi connectivity index (χ0n) is 11.8. The predicted molar refractivity (Wildman–Crippen MR) is 75.9 cm³/mol. The Hall–Kier alpha value is -1.13. The van der Waals surface area contributed by atoms with Crippen LogP contribution in [-0.2, 0) is 6.61 Å². The lowest BCUT2D eigenvalue weighted by Gasteiger charge is -2.30. The lowest BCUT2D eigenvalue weighted by atomic mass is 10.1. The molecule has 1 aliphatic heterocycles. The molecule has 0 saturated carbocycles. The number of rotatable bonds is 5. The van der Waals surface area contributed by atoms with Gasteiger partial charge in [-0.3, -0.25) is 4.90 Å². The van der Waals surface area contributed by atoms with E-state index < -0.39 is 0 Å². The Bertz CT molecular complexity index is 425. The Labute approximate surface area is 114 Å². The van der Waals surface area contributed by atoms with E-state index in [9.17, 15) is 9.50 Å². The third-order valence-corrected chi connectivity index (χ3v) is 4.01. The summed E-state index contributed by atoms with van der Waals surface area (Å²) in [6.45, 7) is 5.03. The molecule has 0 aliphatic carbocycles. The number of nitrogens with zero attached hydrogens (tertiary/aromatic N) is 2. The van der Waals surface area contributed by atoms with Crippen LogP contribution in [-0.4, -0.2) is 42.7 Å². The van der Waals surface area contributed by atoms with E-state index in [-0.39, 0.29) is 12.4 Å². The lowest BCUT2D eigenvalue weighted by Crippen LogP contribution is -2.39. The highest BCUT2D eigenvalue weighted by atomic mass is 19.1. The van der Waals surface area contributed by atoms with Gasteiger partial charge in [0.05, 0.1) is 12.3 Å². The highest BCUT2D eigenvalue weighted by Gasteiger charge is 2.25. The first-order valence-corrected chi connectivity index (χ1v) is 7.00. The van der Waals surface area contributed by atoms with E-state index in [0.717, 1.165) is 19.6 Å². The number of likely N-dealkylation sites (N-methyl/N-ethyl adjacent to an activating group) is 2. The molecule has 1 fully saturated rings. The summed E-state index contributed by atoms with van der Waals surface area (Å²) in [5.74, 6) is -0.255. The summed E-state index contributed by atoms with van der Waals surface area (Å²) >= 11 is 0. The molecule has 1 atom stereocenters. The largest absolute Gasteiger partial charge is 0.392 e. The van der Waals surface area contributed by atoms with Crippen LogP contribution in [0.3, 0.4) is 0 Å². The first-order valence-electron chi connectivity index (χ1n) is 7.00. The fourth-order valence-corrected chi connectivity index (χ4v) is 3.04. The number of anilines is 1. The van der Waals surface area contributed by atoms with Crippen LogP contribution in [0, 0.1) is 5.82 Å². The van der Waals surface area contributed by atoms with Crippen LogP contribution >= 0.6 is 0 Å². The molecule has 106 valence electrons. The molecule has 1 heterocycles. The molecular formula is C15H23FN2O. The van der Waals surface area contributed by atoms with E-state index in [2.05, 4.69) is 11.8 Å². The summed E-state index contributed by atoms with van der Waals surface area (Å²) in [4.78, 5) is 4.38. The van der Waals surface area contributed by atoms with Crippen LogP contribution in [0.25, 0.3) is 0 Å². The third-order valence-electron chi connectivity index (χ3n) is 4.01. The smallest absolute Gasteiger partial charge is 0.146 e. The monoisotopic (exact) mass is 266 g/mol. The fourth-order valence-electron chi connectivity index (χ4n) is 3.04. The molecule has 19 heavy (non-hydrogen) atoms. The second-order valence-electron chi connectivity index (χ2n) is 5.21. The van der Waals surface area contributed by atoms with Gasteiger partial charge >= 0.3 is 0 Å². The van der Waals surface area contributed by atoms with Crippen molar-refractivity contribution in [3.8, 4) is 0 Å². The van der Waals surface area contributed by atoms with Gasteiger partial charge in [-0.15, -0.1) is 0 Å². The van der Waals surface area contributed by atoms with Crippen molar-refractivity contribution in [1.82, 2.24) is 4.90 Å². The van der Waals surface area contributed by atoms with Crippen molar-refractivity contribution >= 4 is 5.69 Å². The average Bonchev–Trinajstić information content (AvgIpc) is 2.85. The fraction of sp³-hybridized carbons (Fsp3) is 0.600. The molecule has 1 aliphatic rings. The molecular weight excluding hydrogens is 243 g/mol. The van der Waals surface area contributed by atoms with Gasteiger partial charge in [0.25, 0.3) is 0 Å². The van der Waals surface area contributed by atoms with Crippen molar-refractivity contribution in [3.63, 3.8) is 0 Å². The standard InChI is InChI=1S/C15H23FN2O/c1-3-18-9-5-7-13(18)10-17(2)15-12(11-19)6-4-8-14(15)16/h4,6,8,13,19H,3,5,7,9-11H2,1-2H3. The second-order valence-corrected chi connectivity index (χ2v) is 5.21. The number of aliphatic hydroxyl groups is 1. The normalized spacial score (nSPS) is 19.9. The quantitative estimate of drug-likeness (QED) is 0.885. The lowest BCUT2D eigenvalue weighted by molar-refractivity contribution is 0.268. The van der Waals surface area contributed by atoms with Gasteiger partial charge in [-0.1, -0.05) is 19.1 Å². The Morgan fingerprint density at radius 1 is 1.47 bits per heavy atom. The van der Waals surface area contributed by atoms with Gasteiger partial charge in [0.15, 0.2) is 0 Å². The molecule has 0 radical (unpaired) electrons. The number of hydrogen-bond donors (Lipinski definition) is 1. The van der Waals surface area contributed by atoms with Crippen LogP contribution in [0.2, 0.25) is 0 Å². The molecule has 0 spiro atoms. The SMILES string of the molecule is CCN1CCCC1CN(C)c1c(F)cccc1CO. The first kappa shape index (κ1) is 14.3. The summed E-state index contributed by atoms with van der Waals surface area (Å²) in [5.41, 5.74) is 1.19. The molecule has 1 aromatic rings. The molecule has 1 saturated heterocycles. The summed E-state index contributed by atoms with van der Waals surface area (Å²) in [6.07, 6.45) is 2.39. The molecule has 4 heteroatoms. The number of benzene rings is 1. The summed E-state index contributed by atoms with van der Waals surface area (Å²) < 4.78 is 14.0. The molecule has 1 unspecified atom stereocenters. The van der Waals surface area contributed by atoms with Gasteiger partial charge in [-0.05, 0) is 32.0 Å². The van der Waals surface area contributed by atoms with Gasteiger partial charge in [0.2, 0.25) is 0 Å². The van der Waals surface area contributed by atoms with Gasteiger partial charge in [0.1, 0.15) is 5.82 Å². The highest BCUT2D eigenvalue weighted by Crippen LogP contribution is 2.26. The van der Waals surface area contributed by atoms with Crippen LogP contribution < -0.4 is 4.90 Å². The second kappa shape index (κ2) is 6.35. The maximum Gasteiger partial charge on any atom is 0.146 e. The van der Waals surface area contributed by atoms with Crippen molar-refractivity contribution in [1.29, 1.82) is 0 Å². The molecule has 0 aromatic heterocycles. The van der Waals surface area contributed by atoms with E-state index in [0.29, 0.717) is 17.3 Å². The number of hydrogen-bond acceptors (Lipinski definition) is 3. The van der Waals surface area contributed by atoms with E-state index in [1.54, 1.807) is 12.1 Å². The zero-order valence-corrected chi connectivity index (χ0v) is 11.8. The van der Waals surface area contributed by atoms with Gasteiger partial charge in [-0.2, -0.15) is 0 Å². The van der Waals surface area contributed by atoms with Crippen molar-refractivity contribution in [3.05, 3.63) is 29.6 Å². The van der Waals surface area contributed by atoms with Crippen molar-refractivity contribution < 1.29 is 9.50 Å². The van der Waals surface area contributed by atoms with Crippen LogP contribution in [0.5, 0.6) is 0 Å². The minimum Gasteiger partial charge on any atom is -0.392 e. The topological polar surface area (TPSA) is 26.7 Å². The summed E-state index contributed by atoms with van der Waals surface area (Å²) in [7, 11) is 1.91. The molecule has 2 rings (SSSR count). The Morgan fingerprint density at radius 2 is 2.26 bits per heavy atom. The maximum atomic E-state index is 14.0. The van der Waals surface area contributed by atoms with E-state index in [1.807, 2.05) is 11.9 Å². The van der Waals surface area contributed by atoms with Gasteiger partial charge in [-0.25, -0.2) is 4.39 Å². The average molecular weight is 266 g/mol. The molecule has 1 N–H and O–H groups in total. The number of aliphatic hydroxyl groups excluding tert-OH is 1.